The Bertz CT molecular complexity index is 529. The molecule has 2 heteroatoms. The third kappa shape index (κ3) is 3.14. The van der Waals surface area contributed by atoms with Gasteiger partial charge in [-0.1, -0.05) is 45.4 Å². The molecule has 2 saturated carbocycles. The molecule has 2 aliphatic rings. The van der Waals surface area contributed by atoms with Crippen LogP contribution in [-0.2, 0) is 10.2 Å². The Kier molecular flexibility index (Phi) is 3.81. The number of carbonyl (C=O) groups is 1. The van der Waals surface area contributed by atoms with E-state index in [2.05, 4.69) is 32.2 Å². The van der Waals surface area contributed by atoms with Gasteiger partial charge in [-0.15, -0.1) is 0 Å². The third-order valence-corrected chi connectivity index (χ3v) is 5.34. The van der Waals surface area contributed by atoms with E-state index in [1.807, 2.05) is 18.2 Å². The van der Waals surface area contributed by atoms with E-state index in [0.717, 1.165) is 17.5 Å². The molecule has 21 heavy (non-hydrogen) atoms. The Labute approximate surface area is 128 Å². The summed E-state index contributed by atoms with van der Waals surface area (Å²) >= 11 is 0. The Morgan fingerprint density at radius 3 is 2.57 bits per heavy atom. The molecule has 2 fully saturated rings. The van der Waals surface area contributed by atoms with Crippen molar-refractivity contribution in [2.24, 2.45) is 17.8 Å². The average molecular weight is 285 g/mol. The van der Waals surface area contributed by atoms with Crippen molar-refractivity contribution < 1.29 is 4.79 Å². The van der Waals surface area contributed by atoms with E-state index in [0.29, 0.717) is 12.3 Å². The zero-order valence-electron chi connectivity index (χ0n) is 13.5. The van der Waals surface area contributed by atoms with Gasteiger partial charge in [-0.2, -0.15) is 0 Å². The number of hydrogen-bond donors (Lipinski definition) is 1. The van der Waals surface area contributed by atoms with Gasteiger partial charge in [0.05, 0.1) is 0 Å². The lowest BCUT2D eigenvalue weighted by Crippen LogP contribution is -2.22. The molecule has 3 unspecified atom stereocenters. The van der Waals surface area contributed by atoms with Crippen molar-refractivity contribution >= 4 is 11.6 Å². The number of carbonyl (C=O) groups excluding carboxylic acids is 1. The average Bonchev–Trinajstić information content (AvgIpc) is 3.00. The van der Waals surface area contributed by atoms with Crippen molar-refractivity contribution in [3.05, 3.63) is 29.8 Å². The lowest BCUT2D eigenvalue weighted by molar-refractivity contribution is -0.117. The van der Waals surface area contributed by atoms with Crippen LogP contribution in [-0.4, -0.2) is 5.91 Å². The van der Waals surface area contributed by atoms with Crippen LogP contribution in [0.3, 0.4) is 0 Å². The molecule has 0 aromatic heterocycles. The molecule has 0 saturated heterocycles. The first-order valence-corrected chi connectivity index (χ1v) is 8.33. The minimum Gasteiger partial charge on any atom is -0.326 e. The van der Waals surface area contributed by atoms with Gasteiger partial charge in [-0.05, 0) is 54.1 Å². The maximum atomic E-state index is 12.4. The van der Waals surface area contributed by atoms with E-state index >= 15 is 0 Å². The molecule has 114 valence electrons. The van der Waals surface area contributed by atoms with Crippen LogP contribution in [0.2, 0.25) is 0 Å². The minimum atomic E-state index is 0.0519. The van der Waals surface area contributed by atoms with Crippen LogP contribution in [0.25, 0.3) is 0 Å². The SMILES string of the molecule is CC(C)(C)c1ccccc1NC(=O)CC1CC2CCC1C2. The zero-order chi connectivity index (χ0) is 15.0. The molecule has 2 bridgehead atoms. The molecule has 0 radical (unpaired) electrons. The summed E-state index contributed by atoms with van der Waals surface area (Å²) in [5.74, 6) is 2.56. The molecule has 0 heterocycles. The first-order chi connectivity index (χ1) is 9.93. The van der Waals surface area contributed by atoms with Crippen LogP contribution in [0.15, 0.2) is 24.3 Å². The van der Waals surface area contributed by atoms with Crippen molar-refractivity contribution in [3.63, 3.8) is 0 Å². The van der Waals surface area contributed by atoms with E-state index in [9.17, 15) is 4.79 Å². The summed E-state index contributed by atoms with van der Waals surface area (Å²) < 4.78 is 0. The van der Waals surface area contributed by atoms with Gasteiger partial charge in [0.1, 0.15) is 0 Å². The molecular weight excluding hydrogens is 258 g/mol. The highest BCUT2D eigenvalue weighted by Gasteiger charge is 2.40. The van der Waals surface area contributed by atoms with Gasteiger partial charge in [0.15, 0.2) is 0 Å². The van der Waals surface area contributed by atoms with Crippen molar-refractivity contribution in [1.82, 2.24) is 0 Å². The lowest BCUT2D eigenvalue weighted by Gasteiger charge is -2.24. The van der Waals surface area contributed by atoms with E-state index in [-0.39, 0.29) is 11.3 Å². The van der Waals surface area contributed by atoms with Gasteiger partial charge in [0.2, 0.25) is 5.91 Å². The maximum Gasteiger partial charge on any atom is 0.224 e. The highest BCUT2D eigenvalue weighted by atomic mass is 16.1. The number of para-hydroxylation sites is 1. The summed E-state index contributed by atoms with van der Waals surface area (Å²) in [6, 6.07) is 8.20. The van der Waals surface area contributed by atoms with Crippen LogP contribution < -0.4 is 5.32 Å². The molecule has 0 aliphatic heterocycles. The first kappa shape index (κ1) is 14.6. The van der Waals surface area contributed by atoms with Crippen molar-refractivity contribution in [2.45, 2.75) is 58.3 Å². The van der Waals surface area contributed by atoms with Crippen molar-refractivity contribution in [3.8, 4) is 0 Å². The quantitative estimate of drug-likeness (QED) is 0.853. The summed E-state index contributed by atoms with van der Waals surface area (Å²) in [6.45, 7) is 6.57. The van der Waals surface area contributed by atoms with Gasteiger partial charge < -0.3 is 5.32 Å². The maximum absolute atomic E-state index is 12.4. The molecule has 2 nitrogen and oxygen atoms in total. The van der Waals surface area contributed by atoms with Crippen LogP contribution in [0.1, 0.15) is 58.4 Å². The number of amides is 1. The second-order valence-electron chi connectivity index (χ2n) is 7.98. The van der Waals surface area contributed by atoms with Crippen LogP contribution in [0.4, 0.5) is 5.69 Å². The summed E-state index contributed by atoms with van der Waals surface area (Å²) in [4.78, 5) is 12.4. The molecule has 1 aromatic carbocycles. The number of benzene rings is 1. The summed E-state index contributed by atoms with van der Waals surface area (Å²) in [7, 11) is 0. The largest absolute Gasteiger partial charge is 0.326 e. The standard InChI is InChI=1S/C19H27NO/c1-19(2,3)16-6-4-5-7-17(16)20-18(21)12-15-11-13-8-9-14(15)10-13/h4-7,13-15H,8-12H2,1-3H3,(H,20,21). The van der Waals surface area contributed by atoms with Crippen LogP contribution >= 0.6 is 0 Å². The van der Waals surface area contributed by atoms with Gasteiger partial charge >= 0.3 is 0 Å². The third-order valence-electron chi connectivity index (χ3n) is 5.34. The normalized spacial score (nSPS) is 27.9. The first-order valence-electron chi connectivity index (χ1n) is 8.33. The Hall–Kier alpha value is -1.31. The van der Waals surface area contributed by atoms with Gasteiger partial charge in [0, 0.05) is 12.1 Å². The molecule has 2 aliphatic carbocycles. The number of nitrogens with one attached hydrogen (secondary N) is 1. The molecular formula is C19H27NO. The topological polar surface area (TPSA) is 29.1 Å². The highest BCUT2D eigenvalue weighted by molar-refractivity contribution is 5.91. The fraction of sp³-hybridized carbons (Fsp3) is 0.632. The molecule has 0 spiro atoms. The van der Waals surface area contributed by atoms with E-state index in [1.54, 1.807) is 0 Å². The highest BCUT2D eigenvalue weighted by Crippen LogP contribution is 2.49. The second-order valence-corrected chi connectivity index (χ2v) is 7.98. The molecule has 3 rings (SSSR count). The summed E-state index contributed by atoms with van der Waals surface area (Å²) in [5.41, 5.74) is 2.25. The van der Waals surface area contributed by atoms with Crippen LogP contribution in [0, 0.1) is 17.8 Å². The second kappa shape index (κ2) is 5.47. The molecule has 1 aromatic rings. The lowest BCUT2D eigenvalue weighted by atomic mass is 9.85. The van der Waals surface area contributed by atoms with Crippen molar-refractivity contribution in [1.29, 1.82) is 0 Å². The number of fused-ring (bicyclic) bond motifs is 2. The molecule has 3 atom stereocenters. The summed E-state index contributed by atoms with van der Waals surface area (Å²) in [5, 5.41) is 3.16. The number of hydrogen-bond acceptors (Lipinski definition) is 1. The van der Waals surface area contributed by atoms with E-state index < -0.39 is 0 Å². The Morgan fingerprint density at radius 2 is 1.95 bits per heavy atom. The predicted molar refractivity (Wildman–Crippen MR) is 87.3 cm³/mol. The zero-order valence-corrected chi connectivity index (χ0v) is 13.5. The fourth-order valence-corrected chi connectivity index (χ4v) is 4.31. The van der Waals surface area contributed by atoms with Crippen molar-refractivity contribution in [2.75, 3.05) is 5.32 Å². The smallest absolute Gasteiger partial charge is 0.224 e. The monoisotopic (exact) mass is 285 g/mol. The van der Waals surface area contributed by atoms with E-state index in [4.69, 9.17) is 0 Å². The minimum absolute atomic E-state index is 0.0519. The number of rotatable bonds is 3. The summed E-state index contributed by atoms with van der Waals surface area (Å²) in [6.07, 6.45) is 6.10. The molecule has 1 amide bonds. The van der Waals surface area contributed by atoms with Gasteiger partial charge in [-0.3, -0.25) is 4.79 Å². The predicted octanol–water partition coefficient (Wildman–Crippen LogP) is 4.75. The molecule has 1 N–H and O–H groups in total. The van der Waals surface area contributed by atoms with Gasteiger partial charge in [0.25, 0.3) is 0 Å². The number of anilines is 1. The van der Waals surface area contributed by atoms with Gasteiger partial charge in [-0.25, -0.2) is 0 Å². The van der Waals surface area contributed by atoms with E-state index in [1.165, 1.54) is 31.2 Å². The Morgan fingerprint density at radius 1 is 1.19 bits per heavy atom. The fourth-order valence-electron chi connectivity index (χ4n) is 4.31. The van der Waals surface area contributed by atoms with Crippen LogP contribution in [0.5, 0.6) is 0 Å². The Balaban J connectivity index is 1.65.